The van der Waals surface area contributed by atoms with Crippen molar-refractivity contribution in [3.8, 4) is 0 Å². The van der Waals surface area contributed by atoms with Crippen LogP contribution in [0.1, 0.15) is 283 Å². The van der Waals surface area contributed by atoms with E-state index >= 15 is 0 Å². The summed E-state index contributed by atoms with van der Waals surface area (Å²) in [4.78, 5) is 24.1. The zero-order chi connectivity index (χ0) is 66.0. The van der Waals surface area contributed by atoms with Crippen LogP contribution >= 0.6 is 0 Å². The van der Waals surface area contributed by atoms with Gasteiger partial charge in [-0.2, -0.15) is 0 Å². The van der Waals surface area contributed by atoms with Gasteiger partial charge < -0.3 is 29.2 Å². The molecule has 3 saturated heterocycles. The molecule has 0 radical (unpaired) electrons. The molecule has 4 unspecified atom stereocenters. The Balaban J connectivity index is 0.000000128. The first-order chi connectivity index (χ1) is 44.2. The number of carbonyl (C=O) groups is 2. The Morgan fingerprint density at radius 3 is 1.99 bits per heavy atom. The van der Waals surface area contributed by atoms with Crippen LogP contribution in [0.3, 0.4) is 0 Å². The molecule has 520 valence electrons. The van der Waals surface area contributed by atoms with Gasteiger partial charge in [0.1, 0.15) is 0 Å². The quantitative estimate of drug-likeness (QED) is 0.175. The molecule has 2 N–H and O–H groups in total. The molecule has 0 amide bonds. The van der Waals surface area contributed by atoms with Crippen LogP contribution in [0.4, 0.5) is 0 Å². The van der Waals surface area contributed by atoms with Gasteiger partial charge in [0.15, 0.2) is 23.6 Å². The third-order valence-electron chi connectivity index (χ3n) is 32.7. The second-order valence-corrected chi connectivity index (χ2v) is 37.3. The molecule has 3 aliphatic heterocycles. The number of rotatable bonds is 13. The SMILES string of the molecule is C=C(CCC=C(C)C)[C@H]1CC[C@H]2[C@@H]3CCC4=CC(=O)CC[C@]4(C)[C@H]3CC[C@]12C.CC1OC(O[C@H]2CC[C@@]3(C)C(=CC[C@@H]4[C@@H]3CC[C@]3(C)[C@H]5[C@@H]6CC[C@H]5O[C@]43OC6)C2)CC(CO)C1O.CC[C@H](CC[C@@H](C)[C@H]1CC[C@H]2[C@@H]3CCC4=CC(=O)CC[C@]4(C)[C@H]3CC[C@]12C)C(C)C. The van der Waals surface area contributed by atoms with E-state index in [1.54, 1.807) is 5.57 Å². The summed E-state index contributed by atoms with van der Waals surface area (Å²) in [7, 11) is 0. The minimum atomic E-state index is -0.626. The van der Waals surface area contributed by atoms with Gasteiger partial charge in [0.05, 0.1) is 31.0 Å². The minimum Gasteiger partial charge on any atom is -0.396 e. The molecule has 2 bridgehead atoms. The number of ketones is 2. The van der Waals surface area contributed by atoms with Gasteiger partial charge in [0, 0.05) is 49.0 Å². The maximum absolute atomic E-state index is 12.1. The van der Waals surface area contributed by atoms with Gasteiger partial charge in [-0.05, 0) is 297 Å². The topological polar surface area (TPSA) is 112 Å². The van der Waals surface area contributed by atoms with Crippen molar-refractivity contribution in [2.24, 2.45) is 127 Å². The van der Waals surface area contributed by atoms with Gasteiger partial charge in [-0.3, -0.25) is 9.59 Å². The number of ether oxygens (including phenoxy) is 4. The Morgan fingerprint density at radius 1 is 0.710 bits per heavy atom. The fourth-order valence-corrected chi connectivity index (χ4v) is 27.4. The number of aliphatic hydroxyl groups is 2. The van der Waals surface area contributed by atoms with E-state index in [2.05, 4.69) is 108 Å². The summed E-state index contributed by atoms with van der Waals surface area (Å²) in [5.41, 5.74) is 9.54. The Morgan fingerprint density at radius 2 is 1.34 bits per heavy atom. The fraction of sp³-hybridized carbons (Fsp3) is 0.859. The molecule has 15 rings (SSSR count). The van der Waals surface area contributed by atoms with E-state index < -0.39 is 6.10 Å². The van der Waals surface area contributed by atoms with Crippen LogP contribution in [-0.2, 0) is 28.5 Å². The lowest BCUT2D eigenvalue weighted by Gasteiger charge is -2.63. The summed E-state index contributed by atoms with van der Waals surface area (Å²) in [5.74, 6) is 12.2. The van der Waals surface area contributed by atoms with E-state index in [0.717, 1.165) is 129 Å². The van der Waals surface area contributed by atoms with Crippen LogP contribution in [0.5, 0.6) is 0 Å². The average molecular weight is 1280 g/mol. The van der Waals surface area contributed by atoms with Crippen LogP contribution in [0, 0.1) is 127 Å². The molecule has 8 nitrogen and oxygen atoms in total. The molecule has 3 heterocycles. The van der Waals surface area contributed by atoms with Crippen LogP contribution < -0.4 is 0 Å². The number of hydrogen-bond donors (Lipinski definition) is 2. The molecule has 0 aromatic heterocycles. The largest absolute Gasteiger partial charge is 0.396 e. The van der Waals surface area contributed by atoms with Gasteiger partial charge in [-0.25, -0.2) is 0 Å². The second kappa shape index (κ2) is 26.4. The predicted molar refractivity (Wildman–Crippen MR) is 374 cm³/mol. The first-order valence-electron chi connectivity index (χ1n) is 39.6. The predicted octanol–water partition coefficient (Wildman–Crippen LogP) is 19.9. The normalized spacial score (nSPS) is 48.7. The second-order valence-electron chi connectivity index (χ2n) is 37.3. The molecule has 12 fully saturated rings. The van der Waals surface area contributed by atoms with Crippen molar-refractivity contribution in [1.29, 1.82) is 0 Å². The lowest BCUT2D eigenvalue weighted by molar-refractivity contribution is -0.345. The van der Waals surface area contributed by atoms with Crippen LogP contribution in [0.2, 0.25) is 0 Å². The molecule has 0 spiro atoms. The standard InChI is InChI=1S/C29H44O6.C29H48O.C27H40O/c1-16-26(31)18(14-30)12-24(33-16)34-20-8-10-27(2)19(13-20)5-6-22-21(27)9-11-28(3)25-17-4-7-23(25)35-29(22,28)32-15-17;1-7-21(19(2)3)9-8-20(4)25-12-13-26-24-11-10-22-18-23(30)14-16-28(22,5)27(24)15-17-29(25,26)6;1-18(2)7-6-8-19(3)23-11-12-24-22-10-9-20-17-21(28)13-15-26(20,4)25(22)14-16-27(23,24)5/h5,16-18,20-26,30-31H,4,6-15H2,1-3H3;18-21,24-27H,7-17H2,1-6H3;7,17,22-25H,3,6,8-16H2,1-2,4-5H3/t16?,17-,18?,20+,21+,22-,23-,24?,25+,26?,27+,28-,29-;20-,21-,24+,25-,26+,27+,28+,29-;22-,23+,24-,25-,26-,27+/m110/s1. The van der Waals surface area contributed by atoms with E-state index in [9.17, 15) is 19.8 Å². The number of carbonyl (C=O) groups excluding carboxylic acids is 2. The van der Waals surface area contributed by atoms with Gasteiger partial charge >= 0.3 is 0 Å². The Kier molecular flexibility index (Phi) is 19.7. The van der Waals surface area contributed by atoms with E-state index in [-0.39, 0.29) is 47.6 Å². The number of fused-ring (bicyclic) bond motifs is 13. The lowest BCUT2D eigenvalue weighted by Crippen LogP contribution is -2.65. The zero-order valence-corrected chi connectivity index (χ0v) is 61.1. The highest BCUT2D eigenvalue weighted by Crippen LogP contribution is 2.74. The first kappa shape index (κ1) is 69.3. The van der Waals surface area contributed by atoms with E-state index in [1.165, 1.54) is 151 Å². The molecule has 12 aliphatic carbocycles. The maximum Gasteiger partial charge on any atom is 0.177 e. The maximum atomic E-state index is 12.1. The van der Waals surface area contributed by atoms with Crippen molar-refractivity contribution < 1.29 is 38.7 Å². The number of aliphatic hydroxyl groups excluding tert-OH is 2. The molecule has 15 aliphatic rings. The van der Waals surface area contributed by atoms with E-state index in [4.69, 9.17) is 18.9 Å². The molecular weight excluding hydrogens is 1150 g/mol. The Bertz CT molecular complexity index is 2890. The minimum absolute atomic E-state index is 0.0288. The van der Waals surface area contributed by atoms with Crippen LogP contribution in [0.25, 0.3) is 0 Å². The number of hydrogen-bond acceptors (Lipinski definition) is 8. The molecular formula is C85H132O8. The smallest absolute Gasteiger partial charge is 0.177 e. The van der Waals surface area contributed by atoms with Crippen molar-refractivity contribution in [3.05, 3.63) is 58.7 Å². The van der Waals surface area contributed by atoms with Gasteiger partial charge in [-0.15, -0.1) is 0 Å². The van der Waals surface area contributed by atoms with Gasteiger partial charge in [0.25, 0.3) is 0 Å². The van der Waals surface area contributed by atoms with E-state index in [1.807, 2.05) is 13.0 Å². The summed E-state index contributed by atoms with van der Waals surface area (Å²) >= 11 is 0. The van der Waals surface area contributed by atoms with Crippen molar-refractivity contribution in [3.63, 3.8) is 0 Å². The van der Waals surface area contributed by atoms with E-state index in [0.29, 0.717) is 69.4 Å². The average Bonchev–Trinajstić information content (AvgIpc) is 1.53. The molecule has 0 aromatic rings. The molecule has 9 saturated carbocycles. The highest BCUT2D eigenvalue weighted by atomic mass is 16.7. The third-order valence-corrected chi connectivity index (χ3v) is 32.7. The van der Waals surface area contributed by atoms with Crippen LogP contribution in [0.15, 0.2) is 58.7 Å². The highest BCUT2D eigenvalue weighted by Gasteiger charge is 2.76. The summed E-state index contributed by atoms with van der Waals surface area (Å²) in [6, 6.07) is 0. The number of allylic oxidation sites excluding steroid dienone is 6. The van der Waals surface area contributed by atoms with Crippen molar-refractivity contribution in [2.45, 2.75) is 319 Å². The summed E-state index contributed by atoms with van der Waals surface area (Å²) in [6.45, 7) is 36.8. The summed E-state index contributed by atoms with van der Waals surface area (Å²) < 4.78 is 26.2. The van der Waals surface area contributed by atoms with Crippen molar-refractivity contribution in [2.75, 3.05) is 13.2 Å². The van der Waals surface area contributed by atoms with Crippen LogP contribution in [-0.4, -0.2) is 71.5 Å². The fourth-order valence-electron chi connectivity index (χ4n) is 27.4. The highest BCUT2D eigenvalue weighted by molar-refractivity contribution is 5.92. The molecule has 8 heteroatoms. The molecule has 0 aromatic carbocycles. The van der Waals surface area contributed by atoms with Crippen molar-refractivity contribution >= 4 is 11.6 Å². The van der Waals surface area contributed by atoms with Gasteiger partial charge in [0.2, 0.25) is 0 Å². The van der Waals surface area contributed by atoms with Crippen molar-refractivity contribution in [1.82, 2.24) is 0 Å². The first-order valence-corrected chi connectivity index (χ1v) is 39.6. The summed E-state index contributed by atoms with van der Waals surface area (Å²) in [6.07, 6.45) is 44.6. The Labute approximate surface area is 565 Å². The summed E-state index contributed by atoms with van der Waals surface area (Å²) in [5, 5.41) is 19.9. The Hall–Kier alpha value is -2.20. The van der Waals surface area contributed by atoms with Gasteiger partial charge in [-0.1, -0.05) is 129 Å². The molecule has 27 atom stereocenters. The molecule has 93 heavy (non-hydrogen) atoms. The monoisotopic (exact) mass is 1280 g/mol. The lowest BCUT2D eigenvalue weighted by atomic mass is 9.46. The third kappa shape index (κ3) is 11.7. The zero-order valence-electron chi connectivity index (χ0n) is 61.1.